The highest BCUT2D eigenvalue weighted by Gasteiger charge is 2.17. The van der Waals surface area contributed by atoms with Gasteiger partial charge >= 0.3 is 5.82 Å². The van der Waals surface area contributed by atoms with Crippen LogP contribution in [-0.2, 0) is 0 Å². The van der Waals surface area contributed by atoms with E-state index in [1.54, 1.807) is 6.92 Å². The second kappa shape index (κ2) is 2.57. The van der Waals surface area contributed by atoms with Gasteiger partial charge < -0.3 is 15.0 Å². The fourth-order valence-electron chi connectivity index (χ4n) is 0.769. The van der Waals surface area contributed by atoms with Crippen LogP contribution in [0.25, 0.3) is 0 Å². The number of imidazole rings is 1. The van der Waals surface area contributed by atoms with Crippen LogP contribution in [0, 0.1) is 17.0 Å². The highest BCUT2D eigenvalue weighted by molar-refractivity contribution is 5.16. The molecule has 1 aromatic heterocycles. The van der Waals surface area contributed by atoms with E-state index in [2.05, 4.69) is 9.82 Å². The number of hydrogen-bond donors (Lipinski definition) is 0. The molecular formula is C5H7N3O3. The Morgan fingerprint density at radius 2 is 2.45 bits per heavy atom. The molecule has 0 bridgehead atoms. The Kier molecular flexibility index (Phi) is 1.75. The fourth-order valence-corrected chi connectivity index (χ4v) is 0.769. The van der Waals surface area contributed by atoms with Gasteiger partial charge in [-0.2, -0.15) is 0 Å². The zero-order valence-corrected chi connectivity index (χ0v) is 6.14. The fraction of sp³-hybridized carbons (Fsp3) is 0.400. The average Bonchev–Trinajstić information content (AvgIpc) is 2.30. The van der Waals surface area contributed by atoms with Gasteiger partial charge in [-0.1, -0.05) is 0 Å². The number of hydrogen-bond acceptors (Lipinski definition) is 4. The van der Waals surface area contributed by atoms with Gasteiger partial charge in [0.1, 0.15) is 13.3 Å². The van der Waals surface area contributed by atoms with Crippen molar-refractivity contribution in [3.63, 3.8) is 0 Å². The summed E-state index contributed by atoms with van der Waals surface area (Å²) in [6.45, 7) is 1.62. The van der Waals surface area contributed by atoms with Gasteiger partial charge in [-0.3, -0.25) is 0 Å². The minimum absolute atomic E-state index is 0.162. The number of aromatic nitrogens is 2. The second-order valence-corrected chi connectivity index (χ2v) is 1.90. The van der Waals surface area contributed by atoms with Crippen LogP contribution in [0.4, 0.5) is 5.82 Å². The van der Waals surface area contributed by atoms with Crippen molar-refractivity contribution in [2.75, 3.05) is 7.11 Å². The molecule has 0 saturated carbocycles. The lowest BCUT2D eigenvalue weighted by Gasteiger charge is -1.96. The first-order valence-corrected chi connectivity index (χ1v) is 2.90. The molecule has 0 aliphatic heterocycles. The third kappa shape index (κ3) is 1.14. The Morgan fingerprint density at radius 3 is 2.82 bits per heavy atom. The molecule has 6 nitrogen and oxygen atoms in total. The molecule has 0 aliphatic rings. The Bertz CT molecular complexity index is 281. The van der Waals surface area contributed by atoms with Gasteiger partial charge in [-0.25, -0.2) is 4.98 Å². The van der Waals surface area contributed by atoms with Crippen LogP contribution >= 0.6 is 0 Å². The SMILES string of the molecule is COn1c([N+](=O)[O-])cnc1C. The number of rotatable bonds is 2. The predicted molar refractivity (Wildman–Crippen MR) is 36.1 cm³/mol. The van der Waals surface area contributed by atoms with Gasteiger partial charge in [0.2, 0.25) is 5.82 Å². The third-order valence-electron chi connectivity index (χ3n) is 1.24. The zero-order valence-electron chi connectivity index (χ0n) is 6.14. The smallest absolute Gasteiger partial charge is 0.358 e. The lowest BCUT2D eigenvalue weighted by molar-refractivity contribution is -0.396. The first kappa shape index (κ1) is 7.52. The maximum Gasteiger partial charge on any atom is 0.381 e. The Hall–Kier alpha value is -1.59. The van der Waals surface area contributed by atoms with Crippen molar-refractivity contribution in [2.24, 2.45) is 0 Å². The average molecular weight is 157 g/mol. The Labute approximate surface area is 62.5 Å². The molecule has 0 amide bonds. The molecule has 1 aromatic rings. The van der Waals surface area contributed by atoms with Crippen LogP contribution in [0.3, 0.4) is 0 Å². The molecule has 0 unspecified atom stereocenters. The van der Waals surface area contributed by atoms with Gasteiger partial charge in [0.05, 0.1) is 0 Å². The van der Waals surface area contributed by atoms with Crippen molar-refractivity contribution in [3.8, 4) is 0 Å². The summed E-state index contributed by atoms with van der Waals surface area (Å²) in [6.07, 6.45) is 1.15. The van der Waals surface area contributed by atoms with Crippen molar-refractivity contribution in [1.82, 2.24) is 9.71 Å². The largest absolute Gasteiger partial charge is 0.381 e. The summed E-state index contributed by atoms with van der Waals surface area (Å²) >= 11 is 0. The van der Waals surface area contributed by atoms with Crippen LogP contribution in [0.2, 0.25) is 0 Å². The first-order valence-electron chi connectivity index (χ1n) is 2.90. The lowest BCUT2D eigenvalue weighted by atomic mass is 10.7. The van der Waals surface area contributed by atoms with Gasteiger partial charge in [0.15, 0.2) is 0 Å². The monoisotopic (exact) mass is 157 g/mol. The number of nitro groups is 1. The van der Waals surface area contributed by atoms with E-state index < -0.39 is 4.92 Å². The molecule has 1 rings (SSSR count). The summed E-state index contributed by atoms with van der Waals surface area (Å²) in [5, 5.41) is 10.3. The standard InChI is InChI=1S/C5H7N3O3/c1-4-6-3-5(8(9)10)7(4)11-2/h3H,1-2H3. The summed E-state index contributed by atoms with van der Waals surface area (Å²) in [7, 11) is 1.35. The maximum atomic E-state index is 10.3. The molecule has 6 heteroatoms. The normalized spacial score (nSPS) is 9.64. The molecule has 0 fully saturated rings. The van der Waals surface area contributed by atoms with Crippen molar-refractivity contribution < 1.29 is 9.76 Å². The number of nitrogens with zero attached hydrogens (tertiary/aromatic N) is 3. The Morgan fingerprint density at radius 1 is 1.82 bits per heavy atom. The molecule has 0 aromatic carbocycles. The molecule has 0 spiro atoms. The molecular weight excluding hydrogens is 150 g/mol. The van der Waals surface area contributed by atoms with Crippen molar-refractivity contribution in [3.05, 3.63) is 22.1 Å². The van der Waals surface area contributed by atoms with Crippen LogP contribution in [-0.4, -0.2) is 21.7 Å². The van der Waals surface area contributed by atoms with Crippen LogP contribution < -0.4 is 4.84 Å². The lowest BCUT2D eigenvalue weighted by Crippen LogP contribution is -2.10. The first-order chi connectivity index (χ1) is 5.16. The van der Waals surface area contributed by atoms with Crippen LogP contribution in [0.1, 0.15) is 5.82 Å². The summed E-state index contributed by atoms with van der Waals surface area (Å²) in [4.78, 5) is 18.1. The van der Waals surface area contributed by atoms with E-state index in [4.69, 9.17) is 0 Å². The second-order valence-electron chi connectivity index (χ2n) is 1.90. The van der Waals surface area contributed by atoms with E-state index in [9.17, 15) is 10.1 Å². The molecule has 0 atom stereocenters. The molecule has 0 saturated heterocycles. The summed E-state index contributed by atoms with van der Waals surface area (Å²) in [5.74, 6) is 0.296. The molecule has 0 radical (unpaired) electrons. The van der Waals surface area contributed by atoms with E-state index in [0.717, 1.165) is 10.9 Å². The predicted octanol–water partition coefficient (Wildman–Crippen LogP) is 0.158. The minimum Gasteiger partial charge on any atom is -0.358 e. The summed E-state index contributed by atoms with van der Waals surface area (Å²) in [5.41, 5.74) is 0. The molecule has 11 heavy (non-hydrogen) atoms. The minimum atomic E-state index is -0.552. The van der Waals surface area contributed by atoms with Gasteiger partial charge in [0, 0.05) is 6.92 Å². The van der Waals surface area contributed by atoms with Gasteiger partial charge in [0.25, 0.3) is 0 Å². The Balaban J connectivity index is 3.15. The van der Waals surface area contributed by atoms with Crippen molar-refractivity contribution in [1.29, 1.82) is 0 Å². The molecule has 1 heterocycles. The third-order valence-corrected chi connectivity index (χ3v) is 1.24. The van der Waals surface area contributed by atoms with Gasteiger partial charge in [-0.05, 0) is 9.65 Å². The zero-order chi connectivity index (χ0) is 8.43. The summed E-state index contributed by atoms with van der Waals surface area (Å²) < 4.78 is 1.06. The van der Waals surface area contributed by atoms with E-state index in [-0.39, 0.29) is 5.82 Å². The maximum absolute atomic E-state index is 10.3. The van der Waals surface area contributed by atoms with Crippen LogP contribution in [0.5, 0.6) is 0 Å². The topological polar surface area (TPSA) is 70.2 Å². The summed E-state index contributed by atoms with van der Waals surface area (Å²) in [6, 6.07) is 0. The van der Waals surface area contributed by atoms with E-state index in [1.165, 1.54) is 7.11 Å². The highest BCUT2D eigenvalue weighted by atomic mass is 16.7. The molecule has 0 aliphatic carbocycles. The highest BCUT2D eigenvalue weighted by Crippen LogP contribution is 2.10. The molecule has 60 valence electrons. The molecule has 0 N–H and O–H groups in total. The van der Waals surface area contributed by atoms with Crippen LogP contribution in [0.15, 0.2) is 6.20 Å². The van der Waals surface area contributed by atoms with Crippen molar-refractivity contribution in [2.45, 2.75) is 6.92 Å². The van der Waals surface area contributed by atoms with E-state index >= 15 is 0 Å². The number of aryl methyl sites for hydroxylation is 1. The van der Waals surface area contributed by atoms with Gasteiger partial charge in [-0.15, -0.1) is 0 Å². The van der Waals surface area contributed by atoms with E-state index in [1.807, 2.05) is 0 Å². The quantitative estimate of drug-likeness (QED) is 0.452. The van der Waals surface area contributed by atoms with Crippen molar-refractivity contribution >= 4 is 5.82 Å². The van der Waals surface area contributed by atoms with E-state index in [0.29, 0.717) is 5.82 Å².